The summed E-state index contributed by atoms with van der Waals surface area (Å²) in [5.74, 6) is 0.352. The summed E-state index contributed by atoms with van der Waals surface area (Å²) in [5, 5.41) is 3.53. The summed E-state index contributed by atoms with van der Waals surface area (Å²) in [5.41, 5.74) is 0. The van der Waals surface area contributed by atoms with Gasteiger partial charge in [0.1, 0.15) is 4.21 Å². The van der Waals surface area contributed by atoms with Crippen LogP contribution in [0.4, 0.5) is 0 Å². The molecule has 0 spiro atoms. The number of nitrogens with zero attached hydrogens (tertiary/aromatic N) is 1. The molecule has 21 heavy (non-hydrogen) atoms. The molecular weight excluding hydrogens is 304 g/mol. The van der Waals surface area contributed by atoms with Crippen molar-refractivity contribution in [1.82, 2.24) is 9.62 Å². The van der Waals surface area contributed by atoms with Crippen molar-refractivity contribution in [1.29, 1.82) is 0 Å². The number of hydrogen-bond acceptors (Lipinski definition) is 4. The molecule has 1 fully saturated rings. The molecule has 2 unspecified atom stereocenters. The Labute approximate surface area is 132 Å². The second-order valence-corrected chi connectivity index (χ2v) is 9.10. The van der Waals surface area contributed by atoms with Crippen molar-refractivity contribution in [2.45, 2.75) is 50.3 Å². The van der Waals surface area contributed by atoms with E-state index in [0.29, 0.717) is 29.3 Å². The molecule has 0 bridgehead atoms. The van der Waals surface area contributed by atoms with Gasteiger partial charge in [-0.25, -0.2) is 8.42 Å². The average Bonchev–Trinajstić information content (AvgIpc) is 2.95. The molecule has 0 saturated carbocycles. The van der Waals surface area contributed by atoms with Gasteiger partial charge in [-0.3, -0.25) is 0 Å². The van der Waals surface area contributed by atoms with Crippen LogP contribution in [-0.4, -0.2) is 38.4 Å². The molecule has 1 aromatic heterocycles. The zero-order chi connectivity index (χ0) is 15.5. The summed E-state index contributed by atoms with van der Waals surface area (Å²) in [6.07, 6.45) is 2.90. The minimum absolute atomic E-state index is 0.352. The molecule has 0 radical (unpaired) electrons. The molecule has 0 aliphatic carbocycles. The standard InChI is InChI=1S/C15H26N2O2S2/c1-4-9-16-14-8-10-17(11-12(14)3)21(18,19)15-7-6-13(5-2)20-15/h6-7,12,14,16H,4-5,8-11H2,1-3H3. The van der Waals surface area contributed by atoms with Gasteiger partial charge in [-0.1, -0.05) is 20.8 Å². The van der Waals surface area contributed by atoms with Gasteiger partial charge in [0.25, 0.3) is 10.0 Å². The van der Waals surface area contributed by atoms with E-state index < -0.39 is 10.0 Å². The highest BCUT2D eigenvalue weighted by atomic mass is 32.2. The van der Waals surface area contributed by atoms with Crippen LogP contribution in [0.3, 0.4) is 0 Å². The average molecular weight is 331 g/mol. The smallest absolute Gasteiger partial charge is 0.252 e. The van der Waals surface area contributed by atoms with Gasteiger partial charge in [-0.05, 0) is 43.9 Å². The van der Waals surface area contributed by atoms with Crippen molar-refractivity contribution >= 4 is 21.4 Å². The molecule has 2 atom stereocenters. The number of thiophene rings is 1. The Morgan fingerprint density at radius 2 is 2.14 bits per heavy atom. The Balaban J connectivity index is 2.05. The van der Waals surface area contributed by atoms with Crippen LogP contribution in [0.2, 0.25) is 0 Å². The molecular formula is C15H26N2O2S2. The summed E-state index contributed by atoms with van der Waals surface area (Å²) in [7, 11) is -3.30. The first kappa shape index (κ1) is 16.9. The monoisotopic (exact) mass is 330 g/mol. The Morgan fingerprint density at radius 3 is 2.71 bits per heavy atom. The van der Waals surface area contributed by atoms with Crippen LogP contribution in [0.15, 0.2) is 16.3 Å². The highest BCUT2D eigenvalue weighted by Crippen LogP contribution is 2.28. The van der Waals surface area contributed by atoms with Crippen LogP contribution in [0.1, 0.15) is 38.5 Å². The maximum atomic E-state index is 12.7. The van der Waals surface area contributed by atoms with Crippen molar-refractivity contribution in [2.24, 2.45) is 5.92 Å². The lowest BCUT2D eigenvalue weighted by atomic mass is 9.95. The largest absolute Gasteiger partial charge is 0.314 e. The van der Waals surface area contributed by atoms with Crippen LogP contribution in [0.25, 0.3) is 0 Å². The Morgan fingerprint density at radius 1 is 1.38 bits per heavy atom. The number of piperidine rings is 1. The fraction of sp³-hybridized carbons (Fsp3) is 0.733. The molecule has 4 nitrogen and oxygen atoms in total. The van der Waals surface area contributed by atoms with E-state index in [1.807, 2.05) is 6.07 Å². The maximum absolute atomic E-state index is 12.7. The Bertz CT molecular complexity index is 554. The van der Waals surface area contributed by atoms with E-state index in [1.54, 1.807) is 10.4 Å². The molecule has 6 heteroatoms. The van der Waals surface area contributed by atoms with E-state index in [1.165, 1.54) is 11.3 Å². The van der Waals surface area contributed by atoms with E-state index >= 15 is 0 Å². The third kappa shape index (κ3) is 3.86. The van der Waals surface area contributed by atoms with Crippen molar-refractivity contribution in [3.63, 3.8) is 0 Å². The quantitative estimate of drug-likeness (QED) is 0.872. The SMILES string of the molecule is CCCNC1CCN(S(=O)(=O)c2ccc(CC)s2)CC1C. The van der Waals surface area contributed by atoms with Crippen molar-refractivity contribution in [2.75, 3.05) is 19.6 Å². The minimum Gasteiger partial charge on any atom is -0.314 e. The van der Waals surface area contributed by atoms with E-state index in [9.17, 15) is 8.42 Å². The van der Waals surface area contributed by atoms with Gasteiger partial charge < -0.3 is 5.32 Å². The fourth-order valence-electron chi connectivity index (χ4n) is 2.77. The topological polar surface area (TPSA) is 49.4 Å². The molecule has 120 valence electrons. The molecule has 2 rings (SSSR count). The van der Waals surface area contributed by atoms with Gasteiger partial charge in [-0.15, -0.1) is 11.3 Å². The summed E-state index contributed by atoms with van der Waals surface area (Å²) >= 11 is 1.40. The summed E-state index contributed by atoms with van der Waals surface area (Å²) in [4.78, 5) is 1.13. The molecule has 2 heterocycles. The van der Waals surface area contributed by atoms with Gasteiger partial charge in [0.15, 0.2) is 0 Å². The van der Waals surface area contributed by atoms with Gasteiger partial charge >= 0.3 is 0 Å². The van der Waals surface area contributed by atoms with Crippen LogP contribution < -0.4 is 5.32 Å². The Hall–Kier alpha value is -0.430. The van der Waals surface area contributed by atoms with E-state index in [2.05, 4.69) is 26.1 Å². The summed E-state index contributed by atoms with van der Waals surface area (Å²) < 4.78 is 27.5. The normalized spacial score (nSPS) is 24.3. The zero-order valence-corrected chi connectivity index (χ0v) is 14.8. The molecule has 1 N–H and O–H groups in total. The third-order valence-electron chi connectivity index (χ3n) is 4.10. The molecule has 1 aliphatic heterocycles. The summed E-state index contributed by atoms with van der Waals surface area (Å²) in [6, 6.07) is 4.12. The first-order valence-corrected chi connectivity index (χ1v) is 10.1. The van der Waals surface area contributed by atoms with Gasteiger partial charge in [0.2, 0.25) is 0 Å². The lowest BCUT2D eigenvalue weighted by Crippen LogP contribution is -2.50. The van der Waals surface area contributed by atoms with Gasteiger partial charge in [0.05, 0.1) is 0 Å². The van der Waals surface area contributed by atoms with Crippen molar-refractivity contribution in [3.8, 4) is 0 Å². The van der Waals surface area contributed by atoms with Crippen molar-refractivity contribution in [3.05, 3.63) is 17.0 Å². The van der Waals surface area contributed by atoms with E-state index in [-0.39, 0.29) is 0 Å². The highest BCUT2D eigenvalue weighted by molar-refractivity contribution is 7.91. The van der Waals surface area contributed by atoms with Crippen LogP contribution in [0, 0.1) is 5.92 Å². The van der Waals surface area contributed by atoms with Gasteiger partial charge in [-0.2, -0.15) is 4.31 Å². The maximum Gasteiger partial charge on any atom is 0.252 e. The molecule has 1 aliphatic rings. The van der Waals surface area contributed by atoms with E-state index in [4.69, 9.17) is 0 Å². The molecule has 0 aromatic carbocycles. The molecule has 1 saturated heterocycles. The van der Waals surface area contributed by atoms with Crippen LogP contribution in [-0.2, 0) is 16.4 Å². The second kappa shape index (κ2) is 7.22. The van der Waals surface area contributed by atoms with Gasteiger partial charge in [0, 0.05) is 24.0 Å². The number of aryl methyl sites for hydroxylation is 1. The van der Waals surface area contributed by atoms with Crippen molar-refractivity contribution < 1.29 is 8.42 Å². The first-order chi connectivity index (χ1) is 9.98. The van der Waals surface area contributed by atoms with Crippen LogP contribution in [0.5, 0.6) is 0 Å². The number of sulfonamides is 1. The van der Waals surface area contributed by atoms with Crippen LogP contribution >= 0.6 is 11.3 Å². The lowest BCUT2D eigenvalue weighted by molar-refractivity contribution is 0.221. The number of rotatable bonds is 6. The Kier molecular flexibility index (Phi) is 5.82. The zero-order valence-electron chi connectivity index (χ0n) is 13.1. The number of hydrogen-bond donors (Lipinski definition) is 1. The number of nitrogens with one attached hydrogen (secondary N) is 1. The summed E-state index contributed by atoms with van der Waals surface area (Å²) in [6.45, 7) is 8.58. The third-order valence-corrected chi connectivity index (χ3v) is 7.67. The predicted octanol–water partition coefficient (Wildman–Crippen LogP) is 2.71. The lowest BCUT2D eigenvalue weighted by Gasteiger charge is -2.36. The minimum atomic E-state index is -3.30. The van der Waals surface area contributed by atoms with E-state index in [0.717, 1.165) is 30.7 Å². The second-order valence-electron chi connectivity index (χ2n) is 5.76. The first-order valence-electron chi connectivity index (χ1n) is 7.81. The molecule has 1 aromatic rings. The molecule has 0 amide bonds. The fourth-order valence-corrected chi connectivity index (χ4v) is 5.78. The predicted molar refractivity (Wildman–Crippen MR) is 88.3 cm³/mol. The highest BCUT2D eigenvalue weighted by Gasteiger charge is 2.33.